The Balaban J connectivity index is 2.02. The number of rotatable bonds is 3. The Bertz CT molecular complexity index is 1070. The van der Waals surface area contributed by atoms with E-state index in [0.717, 1.165) is 27.6 Å². The van der Waals surface area contributed by atoms with Crippen molar-refractivity contribution < 1.29 is 15.0 Å². The van der Waals surface area contributed by atoms with Gasteiger partial charge in [-0.25, -0.2) is 3.11 Å². The summed E-state index contributed by atoms with van der Waals surface area (Å²) in [6.45, 7) is 1.65. The molecule has 0 aliphatic heterocycles. The van der Waals surface area contributed by atoms with Gasteiger partial charge in [-0.2, -0.15) is 0 Å². The molecule has 0 saturated heterocycles. The molecular weight excluding hydrogens is 453 g/mol. The Morgan fingerprint density at radius 1 is 1.11 bits per heavy atom. The highest BCUT2D eigenvalue weighted by Gasteiger charge is 2.19. The maximum absolute atomic E-state index is 13.1. The van der Waals surface area contributed by atoms with Crippen molar-refractivity contribution in [1.29, 1.82) is 0 Å². The Labute approximate surface area is 171 Å². The standard InChI is InChI=1S/C22H18INO3/c1-15-7-8-16(4-3-11-25)13-20(15)22(27)24(23)21-6-2-5-18-12-17(14-26)9-10-19(18)21/h2,5-10,12-13,25-26H,11,14H2,1H3. The maximum atomic E-state index is 13.1. The van der Waals surface area contributed by atoms with Crippen LogP contribution in [0.25, 0.3) is 10.8 Å². The predicted octanol–water partition coefficient (Wildman–Crippen LogP) is 3.98. The first-order valence-electron chi connectivity index (χ1n) is 8.38. The first-order valence-corrected chi connectivity index (χ1v) is 9.34. The van der Waals surface area contributed by atoms with Gasteiger partial charge in [0, 0.05) is 16.5 Å². The Hall–Kier alpha value is -2.40. The molecule has 0 saturated carbocycles. The van der Waals surface area contributed by atoms with Crippen LogP contribution in [0.3, 0.4) is 0 Å². The van der Waals surface area contributed by atoms with E-state index >= 15 is 0 Å². The number of hydrogen-bond acceptors (Lipinski definition) is 3. The summed E-state index contributed by atoms with van der Waals surface area (Å²) in [7, 11) is 0. The Morgan fingerprint density at radius 3 is 2.67 bits per heavy atom. The van der Waals surface area contributed by atoms with E-state index in [1.807, 2.05) is 78.3 Å². The summed E-state index contributed by atoms with van der Waals surface area (Å²) in [6, 6.07) is 16.9. The number of hydrogen-bond donors (Lipinski definition) is 2. The quantitative estimate of drug-likeness (QED) is 0.345. The zero-order chi connectivity index (χ0) is 19.4. The lowest BCUT2D eigenvalue weighted by Crippen LogP contribution is -2.21. The minimum atomic E-state index is -0.221. The smallest absolute Gasteiger partial charge is 0.267 e. The molecule has 0 unspecified atom stereocenters. The fraction of sp³-hybridized carbons (Fsp3) is 0.136. The van der Waals surface area contributed by atoms with Crippen LogP contribution in [-0.2, 0) is 6.61 Å². The number of anilines is 1. The molecule has 3 rings (SSSR count). The van der Waals surface area contributed by atoms with Crippen LogP contribution in [0.4, 0.5) is 5.69 Å². The molecule has 0 spiro atoms. The fourth-order valence-corrected chi connectivity index (χ4v) is 3.55. The molecule has 0 fully saturated rings. The average Bonchev–Trinajstić information content (AvgIpc) is 2.71. The van der Waals surface area contributed by atoms with Crippen molar-refractivity contribution in [2.75, 3.05) is 9.72 Å². The molecular formula is C22H18INO3. The van der Waals surface area contributed by atoms with Crippen LogP contribution in [0.15, 0.2) is 54.6 Å². The van der Waals surface area contributed by atoms with Crippen LogP contribution >= 0.6 is 22.9 Å². The van der Waals surface area contributed by atoms with E-state index in [0.29, 0.717) is 11.1 Å². The zero-order valence-corrected chi connectivity index (χ0v) is 16.9. The van der Waals surface area contributed by atoms with Crippen LogP contribution < -0.4 is 3.11 Å². The summed E-state index contributed by atoms with van der Waals surface area (Å²) >= 11 is 2.02. The van der Waals surface area contributed by atoms with Crippen LogP contribution in [0.5, 0.6) is 0 Å². The number of aryl methyl sites for hydroxylation is 1. The third-order valence-electron chi connectivity index (χ3n) is 4.27. The Morgan fingerprint density at radius 2 is 1.93 bits per heavy atom. The number of fused-ring (bicyclic) bond motifs is 1. The number of halogens is 1. The summed E-state index contributed by atoms with van der Waals surface area (Å²) < 4.78 is 1.60. The van der Waals surface area contributed by atoms with E-state index in [1.165, 1.54) is 0 Å². The van der Waals surface area contributed by atoms with Crippen molar-refractivity contribution in [1.82, 2.24) is 0 Å². The van der Waals surface area contributed by atoms with Gasteiger partial charge in [0.2, 0.25) is 0 Å². The summed E-state index contributed by atoms with van der Waals surface area (Å²) in [4.78, 5) is 13.1. The number of aliphatic hydroxyl groups is 2. The molecule has 136 valence electrons. The minimum Gasteiger partial charge on any atom is -0.392 e. The summed E-state index contributed by atoms with van der Waals surface area (Å²) in [5, 5.41) is 20.1. The third-order valence-corrected chi connectivity index (χ3v) is 5.23. The molecule has 1 amide bonds. The van der Waals surface area contributed by atoms with Crippen molar-refractivity contribution in [2.24, 2.45) is 0 Å². The molecule has 3 aromatic carbocycles. The van der Waals surface area contributed by atoms with Gasteiger partial charge >= 0.3 is 0 Å². The molecule has 0 aliphatic rings. The second kappa shape index (κ2) is 8.53. The predicted molar refractivity (Wildman–Crippen MR) is 116 cm³/mol. The van der Waals surface area contributed by atoms with Gasteiger partial charge in [-0.1, -0.05) is 42.2 Å². The molecule has 0 radical (unpaired) electrons. The molecule has 2 N–H and O–H groups in total. The fourth-order valence-electron chi connectivity index (χ4n) is 2.87. The van der Waals surface area contributed by atoms with Crippen molar-refractivity contribution in [3.63, 3.8) is 0 Å². The normalized spacial score (nSPS) is 10.4. The number of aliphatic hydroxyl groups excluding tert-OH is 2. The SMILES string of the molecule is Cc1ccc(C#CCO)cc1C(=O)N(I)c1cccc2cc(CO)ccc12. The number of benzene rings is 3. The Kier molecular flexibility index (Phi) is 6.11. The summed E-state index contributed by atoms with van der Waals surface area (Å²) in [6.07, 6.45) is 0. The van der Waals surface area contributed by atoms with Gasteiger partial charge in [0.1, 0.15) is 6.61 Å². The average molecular weight is 471 g/mol. The van der Waals surface area contributed by atoms with E-state index in [2.05, 4.69) is 11.8 Å². The second-order valence-corrected chi connectivity index (χ2v) is 7.03. The molecule has 4 nitrogen and oxygen atoms in total. The van der Waals surface area contributed by atoms with Gasteiger partial charge < -0.3 is 10.2 Å². The lowest BCUT2D eigenvalue weighted by atomic mass is 10.0. The first kappa shape index (κ1) is 19.4. The molecule has 0 heterocycles. The summed E-state index contributed by atoms with van der Waals surface area (Å²) in [5.74, 6) is 5.31. The largest absolute Gasteiger partial charge is 0.392 e. The highest BCUT2D eigenvalue weighted by atomic mass is 127. The van der Waals surface area contributed by atoms with Crippen LogP contribution in [0.1, 0.15) is 27.0 Å². The van der Waals surface area contributed by atoms with Gasteiger partial charge in [-0.05, 0) is 47.7 Å². The van der Waals surface area contributed by atoms with Crippen LogP contribution in [0, 0.1) is 18.8 Å². The topological polar surface area (TPSA) is 60.8 Å². The third kappa shape index (κ3) is 4.14. The molecule has 5 heteroatoms. The maximum Gasteiger partial charge on any atom is 0.267 e. The number of amides is 1. The van der Waals surface area contributed by atoms with E-state index < -0.39 is 0 Å². The number of nitrogens with zero attached hydrogens (tertiary/aromatic N) is 1. The summed E-state index contributed by atoms with van der Waals surface area (Å²) in [5.41, 5.74) is 3.73. The lowest BCUT2D eigenvalue weighted by molar-refractivity contribution is 0.101. The highest BCUT2D eigenvalue weighted by molar-refractivity contribution is 14.1. The monoisotopic (exact) mass is 471 g/mol. The van der Waals surface area contributed by atoms with E-state index in [1.54, 1.807) is 9.18 Å². The van der Waals surface area contributed by atoms with E-state index in [4.69, 9.17) is 5.11 Å². The lowest BCUT2D eigenvalue weighted by Gasteiger charge is -2.18. The van der Waals surface area contributed by atoms with Gasteiger partial charge in [0.15, 0.2) is 0 Å². The van der Waals surface area contributed by atoms with Crippen molar-refractivity contribution in [3.05, 3.63) is 76.9 Å². The van der Waals surface area contributed by atoms with Crippen LogP contribution in [0.2, 0.25) is 0 Å². The molecule has 0 bridgehead atoms. The van der Waals surface area contributed by atoms with Gasteiger partial charge in [0.05, 0.1) is 35.2 Å². The van der Waals surface area contributed by atoms with E-state index in [-0.39, 0.29) is 19.1 Å². The van der Waals surface area contributed by atoms with Crippen LogP contribution in [-0.4, -0.2) is 22.7 Å². The van der Waals surface area contributed by atoms with Gasteiger partial charge in [-0.15, -0.1) is 0 Å². The minimum absolute atomic E-state index is 0.0199. The van der Waals surface area contributed by atoms with Gasteiger partial charge in [0.25, 0.3) is 5.91 Å². The number of carbonyl (C=O) groups excluding carboxylic acids is 1. The van der Waals surface area contributed by atoms with Gasteiger partial charge in [-0.3, -0.25) is 4.79 Å². The van der Waals surface area contributed by atoms with Crippen molar-refractivity contribution >= 4 is 45.2 Å². The molecule has 0 atom stereocenters. The number of carbonyl (C=O) groups is 1. The highest BCUT2D eigenvalue weighted by Crippen LogP contribution is 2.31. The molecule has 3 aromatic rings. The molecule has 27 heavy (non-hydrogen) atoms. The second-order valence-electron chi connectivity index (χ2n) is 6.07. The van der Waals surface area contributed by atoms with E-state index in [9.17, 15) is 9.90 Å². The zero-order valence-electron chi connectivity index (χ0n) is 14.7. The van der Waals surface area contributed by atoms with Crippen molar-refractivity contribution in [2.45, 2.75) is 13.5 Å². The molecule has 0 aliphatic carbocycles. The first-order chi connectivity index (χ1) is 13.0. The molecule has 0 aromatic heterocycles. The van der Waals surface area contributed by atoms with Crippen molar-refractivity contribution in [3.8, 4) is 11.8 Å².